The van der Waals surface area contributed by atoms with Gasteiger partial charge in [-0.25, -0.2) is 0 Å². The van der Waals surface area contributed by atoms with Crippen LogP contribution in [0, 0.1) is 5.41 Å². The Hall–Kier alpha value is -0.120. The lowest BCUT2D eigenvalue weighted by atomic mass is 9.69. The van der Waals surface area contributed by atoms with Crippen molar-refractivity contribution in [3.05, 3.63) is 0 Å². The number of nitrogens with one attached hydrogen (secondary N) is 1. The lowest BCUT2D eigenvalue weighted by molar-refractivity contribution is -0.0765. The number of piperidine rings is 1. The van der Waals surface area contributed by atoms with Gasteiger partial charge in [0.05, 0.1) is 5.60 Å². The van der Waals surface area contributed by atoms with E-state index in [1.165, 1.54) is 38.6 Å². The van der Waals surface area contributed by atoms with E-state index in [0.29, 0.717) is 17.5 Å². The number of ether oxygens (including phenoxy) is 1. The van der Waals surface area contributed by atoms with Gasteiger partial charge in [-0.2, -0.15) is 0 Å². The molecule has 3 heteroatoms. The van der Waals surface area contributed by atoms with Gasteiger partial charge in [0.1, 0.15) is 0 Å². The summed E-state index contributed by atoms with van der Waals surface area (Å²) < 4.78 is 5.78. The molecule has 20 heavy (non-hydrogen) atoms. The number of likely N-dealkylation sites (N-methyl/N-ethyl adjacent to an activating group) is 1. The first-order valence-corrected chi connectivity index (χ1v) is 8.44. The molecule has 118 valence electrons. The quantitative estimate of drug-likeness (QED) is 0.858. The number of likely N-dealkylation sites (tertiary alicyclic amines) is 1. The average molecular weight is 282 g/mol. The SMILES string of the molecule is CCNC1C(N2CCCC(C)(OC)C2)CCCC1(C)C. The van der Waals surface area contributed by atoms with Crippen LogP contribution in [0.3, 0.4) is 0 Å². The minimum Gasteiger partial charge on any atom is -0.377 e. The largest absolute Gasteiger partial charge is 0.377 e. The van der Waals surface area contributed by atoms with Gasteiger partial charge in [-0.1, -0.05) is 27.2 Å². The fourth-order valence-electron chi connectivity index (χ4n) is 4.33. The molecule has 2 fully saturated rings. The van der Waals surface area contributed by atoms with Crippen LogP contribution in [0.4, 0.5) is 0 Å². The van der Waals surface area contributed by atoms with Crippen LogP contribution < -0.4 is 5.32 Å². The van der Waals surface area contributed by atoms with E-state index in [4.69, 9.17) is 4.74 Å². The van der Waals surface area contributed by atoms with Crippen LogP contribution in [0.2, 0.25) is 0 Å². The Balaban J connectivity index is 2.12. The molecule has 0 bridgehead atoms. The number of hydrogen-bond donors (Lipinski definition) is 1. The van der Waals surface area contributed by atoms with Gasteiger partial charge in [0, 0.05) is 25.7 Å². The van der Waals surface area contributed by atoms with Crippen LogP contribution in [0.15, 0.2) is 0 Å². The van der Waals surface area contributed by atoms with Crippen LogP contribution in [0.5, 0.6) is 0 Å². The van der Waals surface area contributed by atoms with E-state index in [2.05, 4.69) is 37.9 Å². The molecule has 3 unspecified atom stereocenters. The van der Waals surface area contributed by atoms with Crippen molar-refractivity contribution in [2.24, 2.45) is 5.41 Å². The minimum atomic E-state index is 0.0522. The Morgan fingerprint density at radius 3 is 2.60 bits per heavy atom. The van der Waals surface area contributed by atoms with Gasteiger partial charge in [0.15, 0.2) is 0 Å². The zero-order valence-electron chi connectivity index (χ0n) is 14.2. The molecule has 0 spiro atoms. The van der Waals surface area contributed by atoms with E-state index in [1.54, 1.807) is 0 Å². The van der Waals surface area contributed by atoms with Gasteiger partial charge in [0.2, 0.25) is 0 Å². The normalized spacial score (nSPS) is 38.9. The first-order chi connectivity index (χ1) is 9.42. The number of nitrogens with zero attached hydrogens (tertiary/aromatic N) is 1. The third-order valence-corrected chi connectivity index (χ3v) is 5.62. The summed E-state index contributed by atoms with van der Waals surface area (Å²) in [4.78, 5) is 2.71. The molecule has 0 amide bonds. The van der Waals surface area contributed by atoms with Crippen molar-refractivity contribution in [3.8, 4) is 0 Å². The maximum absolute atomic E-state index is 5.78. The molecule has 1 aliphatic carbocycles. The van der Waals surface area contributed by atoms with E-state index >= 15 is 0 Å². The first-order valence-electron chi connectivity index (χ1n) is 8.44. The number of methoxy groups -OCH3 is 1. The molecule has 0 aromatic rings. The number of rotatable bonds is 4. The predicted octanol–water partition coefficient (Wildman–Crippen LogP) is 3.04. The lowest BCUT2D eigenvalue weighted by Gasteiger charge is -2.52. The third-order valence-electron chi connectivity index (χ3n) is 5.62. The Kier molecular flexibility index (Phi) is 5.14. The van der Waals surface area contributed by atoms with Crippen LogP contribution in [-0.2, 0) is 4.74 Å². The summed E-state index contributed by atoms with van der Waals surface area (Å²) in [5.41, 5.74) is 0.455. The standard InChI is InChI=1S/C17H34N2O/c1-6-18-15-14(9-7-10-16(15,2)3)19-12-8-11-17(4,13-19)20-5/h14-15,18H,6-13H2,1-5H3. The van der Waals surface area contributed by atoms with Crippen LogP contribution in [-0.4, -0.2) is 49.3 Å². The van der Waals surface area contributed by atoms with Gasteiger partial charge >= 0.3 is 0 Å². The van der Waals surface area contributed by atoms with Gasteiger partial charge in [-0.05, 0) is 51.1 Å². The van der Waals surface area contributed by atoms with Crippen molar-refractivity contribution in [1.82, 2.24) is 10.2 Å². The maximum Gasteiger partial charge on any atom is 0.0777 e. The van der Waals surface area contributed by atoms with Gasteiger partial charge < -0.3 is 10.1 Å². The molecule has 0 aromatic carbocycles. The van der Waals surface area contributed by atoms with Crippen molar-refractivity contribution in [3.63, 3.8) is 0 Å². The summed E-state index contributed by atoms with van der Waals surface area (Å²) in [6.45, 7) is 12.8. The molecule has 0 aromatic heterocycles. The average Bonchev–Trinajstić information content (AvgIpc) is 2.41. The van der Waals surface area contributed by atoms with Crippen molar-refractivity contribution >= 4 is 0 Å². The second-order valence-corrected chi connectivity index (χ2v) is 7.71. The molecule has 1 saturated heterocycles. The van der Waals surface area contributed by atoms with Crippen molar-refractivity contribution < 1.29 is 4.74 Å². The summed E-state index contributed by atoms with van der Waals surface area (Å²) in [6.07, 6.45) is 6.50. The molecular weight excluding hydrogens is 248 g/mol. The van der Waals surface area contributed by atoms with E-state index in [-0.39, 0.29) is 5.60 Å². The van der Waals surface area contributed by atoms with Crippen molar-refractivity contribution in [2.45, 2.75) is 77.5 Å². The molecule has 2 rings (SSSR count). The van der Waals surface area contributed by atoms with E-state index in [1.807, 2.05) is 7.11 Å². The fourth-order valence-corrected chi connectivity index (χ4v) is 4.33. The van der Waals surface area contributed by atoms with Gasteiger partial charge in [0.25, 0.3) is 0 Å². The summed E-state index contributed by atoms with van der Waals surface area (Å²) in [5, 5.41) is 3.79. The van der Waals surface area contributed by atoms with Crippen LogP contribution in [0.1, 0.15) is 59.8 Å². The van der Waals surface area contributed by atoms with Gasteiger partial charge in [-0.3, -0.25) is 4.90 Å². The molecule has 1 aliphatic heterocycles. The Bertz CT molecular complexity index is 318. The highest BCUT2D eigenvalue weighted by Gasteiger charge is 2.43. The van der Waals surface area contributed by atoms with Gasteiger partial charge in [-0.15, -0.1) is 0 Å². The second-order valence-electron chi connectivity index (χ2n) is 7.71. The summed E-state index contributed by atoms with van der Waals surface area (Å²) in [6, 6.07) is 1.29. The Morgan fingerprint density at radius 2 is 1.95 bits per heavy atom. The van der Waals surface area contributed by atoms with E-state index in [9.17, 15) is 0 Å². The lowest BCUT2D eigenvalue weighted by Crippen LogP contribution is -2.62. The Morgan fingerprint density at radius 1 is 1.20 bits per heavy atom. The number of hydrogen-bond acceptors (Lipinski definition) is 3. The Labute approximate surface area is 125 Å². The fraction of sp³-hybridized carbons (Fsp3) is 1.00. The van der Waals surface area contributed by atoms with Crippen molar-refractivity contribution in [2.75, 3.05) is 26.7 Å². The summed E-state index contributed by atoms with van der Waals surface area (Å²) >= 11 is 0. The molecular formula is C17H34N2O. The minimum absolute atomic E-state index is 0.0522. The third kappa shape index (κ3) is 3.37. The van der Waals surface area contributed by atoms with Crippen LogP contribution in [0.25, 0.3) is 0 Å². The highest BCUT2D eigenvalue weighted by molar-refractivity contribution is 5.00. The zero-order valence-corrected chi connectivity index (χ0v) is 14.2. The topological polar surface area (TPSA) is 24.5 Å². The smallest absolute Gasteiger partial charge is 0.0777 e. The summed E-state index contributed by atoms with van der Waals surface area (Å²) in [5.74, 6) is 0. The van der Waals surface area contributed by atoms with Crippen molar-refractivity contribution in [1.29, 1.82) is 0 Å². The van der Waals surface area contributed by atoms with E-state index in [0.717, 1.165) is 13.1 Å². The first kappa shape index (κ1) is 16.3. The molecule has 3 nitrogen and oxygen atoms in total. The molecule has 1 N–H and O–H groups in total. The zero-order chi connectivity index (χ0) is 14.8. The molecule has 0 radical (unpaired) electrons. The molecule has 3 atom stereocenters. The highest BCUT2D eigenvalue weighted by Crippen LogP contribution is 2.39. The maximum atomic E-state index is 5.78. The second kappa shape index (κ2) is 6.33. The molecule has 2 aliphatic rings. The van der Waals surface area contributed by atoms with E-state index < -0.39 is 0 Å². The molecule has 1 saturated carbocycles. The highest BCUT2D eigenvalue weighted by atomic mass is 16.5. The molecule has 1 heterocycles. The predicted molar refractivity (Wildman–Crippen MR) is 85.1 cm³/mol. The van der Waals surface area contributed by atoms with Crippen LogP contribution >= 0.6 is 0 Å². The summed E-state index contributed by atoms with van der Waals surface area (Å²) in [7, 11) is 1.87. The monoisotopic (exact) mass is 282 g/mol.